The van der Waals surface area contributed by atoms with Crippen molar-refractivity contribution in [2.45, 2.75) is 44.1 Å². The zero-order chi connectivity index (χ0) is 13.9. The molecule has 4 aliphatic rings. The third kappa shape index (κ3) is 1.88. The topological polar surface area (TPSA) is 46.9 Å². The van der Waals surface area contributed by atoms with Gasteiger partial charge in [-0.05, 0) is 56.3 Å². The van der Waals surface area contributed by atoms with Gasteiger partial charge in [0.2, 0.25) is 0 Å². The molecule has 0 spiro atoms. The summed E-state index contributed by atoms with van der Waals surface area (Å²) in [6, 6.07) is 0. The van der Waals surface area contributed by atoms with E-state index in [1.807, 2.05) is 0 Å². The molecular formula is C15H20ClN3O. The molecule has 1 N–H and O–H groups in total. The summed E-state index contributed by atoms with van der Waals surface area (Å²) in [5.74, 6) is 2.41. The summed E-state index contributed by atoms with van der Waals surface area (Å²) < 4.78 is 1.57. The van der Waals surface area contributed by atoms with Gasteiger partial charge in [-0.2, -0.15) is 5.10 Å². The van der Waals surface area contributed by atoms with Crippen LogP contribution in [0.3, 0.4) is 0 Å². The average Bonchev–Trinajstić information content (AvgIpc) is 2.66. The second-order valence-electron chi connectivity index (χ2n) is 7.12. The molecule has 4 aliphatic carbocycles. The highest BCUT2D eigenvalue weighted by atomic mass is 35.5. The number of nitrogens with zero attached hydrogens (tertiary/aromatic N) is 2. The lowest BCUT2D eigenvalue weighted by molar-refractivity contribution is -0.0168. The second-order valence-corrected chi connectivity index (χ2v) is 7.52. The van der Waals surface area contributed by atoms with Gasteiger partial charge >= 0.3 is 0 Å². The molecule has 1 aromatic heterocycles. The fourth-order valence-corrected chi connectivity index (χ4v) is 5.48. The lowest BCUT2D eigenvalue weighted by Crippen LogP contribution is -2.60. The number of hydrogen-bond donors (Lipinski definition) is 1. The standard InChI is InChI=1S/C15H20ClN3O/c1-19-13(12(16)8-17-19)14(20)18-15-5-9-2-10(6-15)4-11(3-9)7-15/h8-11H,2-7H2,1H3,(H,18,20). The van der Waals surface area contributed by atoms with Gasteiger partial charge in [0.1, 0.15) is 5.69 Å². The zero-order valence-corrected chi connectivity index (χ0v) is 12.5. The lowest BCUT2D eigenvalue weighted by atomic mass is 9.53. The van der Waals surface area contributed by atoms with Gasteiger partial charge in [0.15, 0.2) is 0 Å². The van der Waals surface area contributed by atoms with Crippen molar-refractivity contribution in [1.82, 2.24) is 15.1 Å². The van der Waals surface area contributed by atoms with Crippen LogP contribution >= 0.6 is 11.6 Å². The maximum absolute atomic E-state index is 12.6. The summed E-state index contributed by atoms with van der Waals surface area (Å²) in [4.78, 5) is 12.6. The molecule has 1 amide bonds. The Morgan fingerprint density at radius 1 is 1.30 bits per heavy atom. The molecule has 4 bridgehead atoms. The fourth-order valence-electron chi connectivity index (χ4n) is 5.23. The van der Waals surface area contributed by atoms with E-state index in [-0.39, 0.29) is 11.4 Å². The predicted molar refractivity (Wildman–Crippen MR) is 76.6 cm³/mol. The number of carbonyl (C=O) groups excluding carboxylic acids is 1. The van der Waals surface area contributed by atoms with Crippen molar-refractivity contribution in [3.63, 3.8) is 0 Å². The van der Waals surface area contributed by atoms with Crippen molar-refractivity contribution < 1.29 is 4.79 Å². The number of aryl methyl sites for hydroxylation is 1. The van der Waals surface area contributed by atoms with Crippen LogP contribution in [0.25, 0.3) is 0 Å². The van der Waals surface area contributed by atoms with E-state index in [4.69, 9.17) is 11.6 Å². The van der Waals surface area contributed by atoms with Crippen molar-refractivity contribution in [1.29, 1.82) is 0 Å². The van der Waals surface area contributed by atoms with Crippen molar-refractivity contribution in [3.05, 3.63) is 16.9 Å². The van der Waals surface area contributed by atoms with E-state index in [9.17, 15) is 4.79 Å². The van der Waals surface area contributed by atoms with Crippen LogP contribution in [-0.2, 0) is 7.05 Å². The van der Waals surface area contributed by atoms with Crippen LogP contribution in [0, 0.1) is 17.8 Å². The molecule has 5 rings (SSSR count). The first kappa shape index (κ1) is 12.7. The van der Waals surface area contributed by atoms with E-state index in [0.717, 1.165) is 37.0 Å². The molecule has 0 aromatic carbocycles. The Labute approximate surface area is 123 Å². The van der Waals surface area contributed by atoms with Gasteiger partial charge in [0.25, 0.3) is 5.91 Å². The normalized spacial score (nSPS) is 38.2. The minimum atomic E-state index is -0.0584. The van der Waals surface area contributed by atoms with Crippen molar-refractivity contribution in [2.75, 3.05) is 0 Å². The molecule has 4 fully saturated rings. The minimum absolute atomic E-state index is 0.0272. The Balaban J connectivity index is 1.58. The van der Waals surface area contributed by atoms with Crippen molar-refractivity contribution >= 4 is 17.5 Å². The Hall–Kier alpha value is -1.03. The molecule has 0 unspecified atom stereocenters. The number of nitrogens with one attached hydrogen (secondary N) is 1. The molecule has 0 aliphatic heterocycles. The third-order valence-corrected chi connectivity index (χ3v) is 5.80. The minimum Gasteiger partial charge on any atom is -0.345 e. The Kier molecular flexibility index (Phi) is 2.69. The molecule has 0 radical (unpaired) electrons. The highest BCUT2D eigenvalue weighted by molar-refractivity contribution is 6.33. The van der Waals surface area contributed by atoms with Crippen LogP contribution in [0.2, 0.25) is 5.02 Å². The van der Waals surface area contributed by atoms with Gasteiger partial charge < -0.3 is 5.32 Å². The first-order chi connectivity index (χ1) is 9.55. The Morgan fingerprint density at radius 3 is 2.30 bits per heavy atom. The number of carbonyl (C=O) groups is 1. The molecule has 108 valence electrons. The van der Waals surface area contributed by atoms with E-state index in [2.05, 4.69) is 10.4 Å². The van der Waals surface area contributed by atoms with Crippen molar-refractivity contribution in [3.8, 4) is 0 Å². The first-order valence-corrected chi connectivity index (χ1v) is 7.92. The second kappa shape index (κ2) is 4.23. The van der Waals surface area contributed by atoms with Crippen LogP contribution in [0.15, 0.2) is 6.20 Å². The van der Waals surface area contributed by atoms with Crippen LogP contribution in [-0.4, -0.2) is 21.2 Å². The quantitative estimate of drug-likeness (QED) is 0.911. The maximum atomic E-state index is 12.6. The van der Waals surface area contributed by atoms with Crippen LogP contribution in [0.4, 0.5) is 0 Å². The Morgan fingerprint density at radius 2 is 1.85 bits per heavy atom. The zero-order valence-electron chi connectivity index (χ0n) is 11.7. The highest BCUT2D eigenvalue weighted by Crippen LogP contribution is 2.55. The maximum Gasteiger partial charge on any atom is 0.271 e. The van der Waals surface area contributed by atoms with E-state index < -0.39 is 0 Å². The summed E-state index contributed by atoms with van der Waals surface area (Å²) in [5, 5.41) is 7.82. The van der Waals surface area contributed by atoms with E-state index in [1.165, 1.54) is 25.5 Å². The molecule has 1 heterocycles. The smallest absolute Gasteiger partial charge is 0.271 e. The number of amides is 1. The number of halogens is 1. The highest BCUT2D eigenvalue weighted by Gasteiger charge is 2.51. The molecular weight excluding hydrogens is 274 g/mol. The lowest BCUT2D eigenvalue weighted by Gasteiger charge is -2.56. The van der Waals surface area contributed by atoms with Crippen LogP contribution in [0.1, 0.15) is 49.0 Å². The van der Waals surface area contributed by atoms with Crippen molar-refractivity contribution in [2.24, 2.45) is 24.8 Å². The van der Waals surface area contributed by atoms with Gasteiger partial charge in [0.05, 0.1) is 11.2 Å². The molecule has 1 aromatic rings. The van der Waals surface area contributed by atoms with Crippen LogP contribution < -0.4 is 5.32 Å². The SMILES string of the molecule is Cn1ncc(Cl)c1C(=O)NC12CC3CC(CC(C3)C1)C2. The number of rotatable bonds is 2. The van der Waals surface area contributed by atoms with Gasteiger partial charge in [-0.15, -0.1) is 0 Å². The van der Waals surface area contributed by atoms with Gasteiger partial charge in [-0.25, -0.2) is 0 Å². The molecule has 0 saturated heterocycles. The van der Waals surface area contributed by atoms with E-state index >= 15 is 0 Å². The van der Waals surface area contributed by atoms with E-state index in [1.54, 1.807) is 11.7 Å². The molecule has 0 atom stereocenters. The Bertz CT molecular complexity index is 511. The summed E-state index contributed by atoms with van der Waals surface area (Å²) in [6.07, 6.45) is 9.13. The molecule has 20 heavy (non-hydrogen) atoms. The van der Waals surface area contributed by atoms with Gasteiger partial charge in [-0.1, -0.05) is 11.6 Å². The molecule has 4 nitrogen and oxygen atoms in total. The van der Waals surface area contributed by atoms with Crippen LogP contribution in [0.5, 0.6) is 0 Å². The summed E-state index contributed by atoms with van der Waals surface area (Å²) in [7, 11) is 1.76. The average molecular weight is 294 g/mol. The summed E-state index contributed by atoms with van der Waals surface area (Å²) in [6.45, 7) is 0. The largest absolute Gasteiger partial charge is 0.345 e. The molecule has 5 heteroatoms. The van der Waals surface area contributed by atoms with Gasteiger partial charge in [-0.3, -0.25) is 9.48 Å². The van der Waals surface area contributed by atoms with Gasteiger partial charge in [0, 0.05) is 12.6 Å². The fraction of sp³-hybridized carbons (Fsp3) is 0.733. The monoisotopic (exact) mass is 293 g/mol. The number of hydrogen-bond acceptors (Lipinski definition) is 2. The van der Waals surface area contributed by atoms with E-state index in [0.29, 0.717) is 10.7 Å². The first-order valence-electron chi connectivity index (χ1n) is 7.55. The summed E-state index contributed by atoms with van der Waals surface area (Å²) >= 11 is 6.08. The molecule has 4 saturated carbocycles. The number of aromatic nitrogens is 2. The predicted octanol–water partition coefficient (Wildman–Crippen LogP) is 2.77. The third-order valence-electron chi connectivity index (χ3n) is 5.53. The summed E-state index contributed by atoms with van der Waals surface area (Å²) in [5.41, 5.74) is 0.516.